The van der Waals surface area contributed by atoms with E-state index in [9.17, 15) is 43.2 Å². The van der Waals surface area contributed by atoms with Gasteiger partial charge in [0.15, 0.2) is 12.2 Å². The van der Waals surface area contributed by atoms with E-state index in [0.29, 0.717) is 31.6 Å². The molecule has 0 aromatic carbocycles. The zero-order chi connectivity index (χ0) is 64.5. The van der Waals surface area contributed by atoms with E-state index in [0.717, 1.165) is 108 Å². The number of carbonyl (C=O) groups excluding carboxylic acids is 4. The van der Waals surface area contributed by atoms with Crippen LogP contribution in [-0.2, 0) is 65.4 Å². The minimum Gasteiger partial charge on any atom is -0.462 e. The fourth-order valence-corrected chi connectivity index (χ4v) is 11.7. The zero-order valence-corrected chi connectivity index (χ0v) is 58.3. The summed E-state index contributed by atoms with van der Waals surface area (Å²) >= 11 is 0. The number of phosphoric ester groups is 2. The van der Waals surface area contributed by atoms with Gasteiger partial charge in [0.05, 0.1) is 26.4 Å². The van der Waals surface area contributed by atoms with E-state index in [1.54, 1.807) is 0 Å². The molecule has 3 N–H and O–H groups in total. The Morgan fingerprint density at radius 3 is 0.874 bits per heavy atom. The maximum atomic E-state index is 13.0. The first kappa shape index (κ1) is 85.1. The summed E-state index contributed by atoms with van der Waals surface area (Å²) in [6.07, 6.45) is 41.9. The molecule has 0 aliphatic carbocycles. The van der Waals surface area contributed by atoms with Gasteiger partial charge in [-0.1, -0.05) is 286 Å². The van der Waals surface area contributed by atoms with Crippen LogP contribution in [-0.4, -0.2) is 96.7 Å². The maximum absolute atomic E-state index is 13.0. The van der Waals surface area contributed by atoms with E-state index in [2.05, 4.69) is 48.5 Å². The predicted octanol–water partition coefficient (Wildman–Crippen LogP) is 19.1. The highest BCUT2D eigenvalue weighted by Crippen LogP contribution is 2.45. The Balaban J connectivity index is 5.24. The standard InChI is InChI=1S/C68H132O17P2/c1-8-10-11-12-13-14-15-16-17-18-19-24-27-37-44-51-67(72)84-63(55-78-65(70)49-42-35-26-23-21-20-22-25-32-39-46-59(3)4)57-82-86(74,75)80-53-62(69)54-81-87(76,77)83-58-64(56-79-66(71)50-43-36-30-28-33-40-47-60(5)6)85-68(73)52-45-38-31-29-34-41-48-61(7)9-2/h59-64,69H,8-58H2,1-7H3,(H,74,75)(H,76,77)/t61?,62-,63-,64-/m1/s1. The zero-order valence-electron chi connectivity index (χ0n) is 56.5. The Bertz CT molecular complexity index is 1720. The van der Waals surface area contributed by atoms with Crippen LogP contribution in [0.15, 0.2) is 0 Å². The average Bonchev–Trinajstić information content (AvgIpc) is 3.69. The molecule has 0 saturated heterocycles. The molecule has 3 unspecified atom stereocenters. The lowest BCUT2D eigenvalue weighted by atomic mass is 10.00. The van der Waals surface area contributed by atoms with Crippen LogP contribution >= 0.6 is 15.6 Å². The highest BCUT2D eigenvalue weighted by Gasteiger charge is 2.30. The first-order chi connectivity index (χ1) is 41.8. The van der Waals surface area contributed by atoms with Gasteiger partial charge in [-0.15, -0.1) is 0 Å². The third-order valence-electron chi connectivity index (χ3n) is 16.0. The van der Waals surface area contributed by atoms with E-state index in [-0.39, 0.29) is 25.7 Å². The molecule has 0 amide bonds. The Morgan fingerprint density at radius 2 is 0.586 bits per heavy atom. The molecule has 0 aromatic heterocycles. The highest BCUT2D eigenvalue weighted by atomic mass is 31.2. The third-order valence-corrected chi connectivity index (χ3v) is 17.9. The molecule has 0 aromatic rings. The molecule has 0 bridgehead atoms. The minimum atomic E-state index is -4.95. The second-order valence-electron chi connectivity index (χ2n) is 25.8. The van der Waals surface area contributed by atoms with Gasteiger partial charge < -0.3 is 33.8 Å². The highest BCUT2D eigenvalue weighted by molar-refractivity contribution is 7.47. The van der Waals surface area contributed by atoms with Crippen LogP contribution in [0.2, 0.25) is 0 Å². The van der Waals surface area contributed by atoms with Crippen molar-refractivity contribution in [3.05, 3.63) is 0 Å². The van der Waals surface area contributed by atoms with Crippen molar-refractivity contribution < 1.29 is 80.2 Å². The molecule has 0 spiro atoms. The molecule has 87 heavy (non-hydrogen) atoms. The average molecular weight is 1280 g/mol. The monoisotopic (exact) mass is 1280 g/mol. The molecular formula is C68H132O17P2. The van der Waals surface area contributed by atoms with Crippen molar-refractivity contribution in [1.29, 1.82) is 0 Å². The molecule has 17 nitrogen and oxygen atoms in total. The molecular weight excluding hydrogens is 1150 g/mol. The normalized spacial score (nSPS) is 14.6. The molecule has 0 heterocycles. The van der Waals surface area contributed by atoms with Crippen molar-refractivity contribution in [3.63, 3.8) is 0 Å². The van der Waals surface area contributed by atoms with Gasteiger partial charge in [0, 0.05) is 25.7 Å². The van der Waals surface area contributed by atoms with Gasteiger partial charge in [-0.05, 0) is 43.4 Å². The van der Waals surface area contributed by atoms with E-state index in [1.165, 1.54) is 141 Å². The third kappa shape index (κ3) is 61.3. The molecule has 19 heteroatoms. The van der Waals surface area contributed by atoms with Gasteiger partial charge >= 0.3 is 39.5 Å². The van der Waals surface area contributed by atoms with Crippen molar-refractivity contribution in [3.8, 4) is 0 Å². The first-order valence-electron chi connectivity index (χ1n) is 35.4. The molecule has 0 saturated carbocycles. The van der Waals surface area contributed by atoms with E-state index >= 15 is 0 Å². The number of aliphatic hydroxyl groups is 1. The van der Waals surface area contributed by atoms with Gasteiger partial charge in [-0.25, -0.2) is 9.13 Å². The number of unbranched alkanes of at least 4 members (excludes halogenated alkanes) is 33. The lowest BCUT2D eigenvalue weighted by Gasteiger charge is -2.21. The Hall–Kier alpha value is -1.94. The molecule has 516 valence electrons. The molecule has 0 radical (unpaired) electrons. The summed E-state index contributed by atoms with van der Waals surface area (Å²) in [6, 6.07) is 0. The van der Waals surface area contributed by atoms with E-state index in [4.69, 9.17) is 37.0 Å². The van der Waals surface area contributed by atoms with E-state index < -0.39 is 97.5 Å². The van der Waals surface area contributed by atoms with Crippen LogP contribution in [0, 0.1) is 17.8 Å². The van der Waals surface area contributed by atoms with Crippen LogP contribution in [0.1, 0.15) is 337 Å². The summed E-state index contributed by atoms with van der Waals surface area (Å²) in [5.74, 6) is 0.0252. The number of hydrogen-bond donors (Lipinski definition) is 3. The second-order valence-corrected chi connectivity index (χ2v) is 28.7. The molecule has 0 aliphatic heterocycles. The Kier molecular flexibility index (Phi) is 57.8. The molecule has 6 atom stereocenters. The summed E-state index contributed by atoms with van der Waals surface area (Å²) in [4.78, 5) is 72.4. The van der Waals surface area contributed by atoms with Gasteiger partial charge in [0.2, 0.25) is 0 Å². The quantitative estimate of drug-likeness (QED) is 0.0222. The number of hydrogen-bond acceptors (Lipinski definition) is 15. The molecule has 0 aliphatic rings. The minimum absolute atomic E-state index is 0.102. The molecule has 0 fully saturated rings. The van der Waals surface area contributed by atoms with Crippen molar-refractivity contribution in [2.45, 2.75) is 356 Å². The lowest BCUT2D eigenvalue weighted by Crippen LogP contribution is -2.30. The number of aliphatic hydroxyl groups excluding tert-OH is 1. The van der Waals surface area contributed by atoms with Crippen LogP contribution < -0.4 is 0 Å². The van der Waals surface area contributed by atoms with Crippen molar-refractivity contribution in [2.24, 2.45) is 17.8 Å². The number of carbonyl (C=O) groups is 4. The second kappa shape index (κ2) is 59.1. The lowest BCUT2D eigenvalue weighted by molar-refractivity contribution is -0.161. The Morgan fingerprint density at radius 1 is 0.333 bits per heavy atom. The summed E-state index contributed by atoms with van der Waals surface area (Å²) < 4.78 is 68.2. The van der Waals surface area contributed by atoms with Crippen molar-refractivity contribution in [2.75, 3.05) is 39.6 Å². The topological polar surface area (TPSA) is 237 Å². The van der Waals surface area contributed by atoms with Crippen LogP contribution in [0.5, 0.6) is 0 Å². The SMILES string of the molecule is CCCCCCCCCCCCCCCCCC(=O)O[C@H](COC(=O)CCCCCCCCCCCCC(C)C)COP(=O)(O)OC[C@@H](O)COP(=O)(O)OC[C@@H](COC(=O)CCCCCCCCC(C)C)OC(=O)CCCCCCCCC(C)CC. The predicted molar refractivity (Wildman–Crippen MR) is 349 cm³/mol. The molecule has 0 rings (SSSR count). The summed E-state index contributed by atoms with van der Waals surface area (Å²) in [7, 11) is -9.90. The summed E-state index contributed by atoms with van der Waals surface area (Å²) in [5.41, 5.74) is 0. The fourth-order valence-electron chi connectivity index (χ4n) is 10.2. The smallest absolute Gasteiger partial charge is 0.462 e. The maximum Gasteiger partial charge on any atom is 0.472 e. The van der Waals surface area contributed by atoms with E-state index in [1.807, 2.05) is 0 Å². The van der Waals surface area contributed by atoms with Gasteiger partial charge in [0.1, 0.15) is 19.3 Å². The Labute approximate surface area is 530 Å². The van der Waals surface area contributed by atoms with Gasteiger partial charge in [-0.2, -0.15) is 0 Å². The number of phosphoric acid groups is 2. The number of esters is 4. The largest absolute Gasteiger partial charge is 0.472 e. The van der Waals surface area contributed by atoms with Crippen LogP contribution in [0.4, 0.5) is 0 Å². The fraction of sp³-hybridized carbons (Fsp3) is 0.941. The number of ether oxygens (including phenoxy) is 4. The number of rotatable bonds is 66. The van der Waals surface area contributed by atoms with Crippen LogP contribution in [0.25, 0.3) is 0 Å². The summed E-state index contributed by atoms with van der Waals surface area (Å²) in [6.45, 7) is 11.7. The van der Waals surface area contributed by atoms with Crippen molar-refractivity contribution in [1.82, 2.24) is 0 Å². The first-order valence-corrected chi connectivity index (χ1v) is 38.4. The summed E-state index contributed by atoms with van der Waals surface area (Å²) in [5, 5.41) is 10.6. The van der Waals surface area contributed by atoms with Crippen molar-refractivity contribution >= 4 is 39.5 Å². The van der Waals surface area contributed by atoms with Crippen LogP contribution in [0.3, 0.4) is 0 Å². The van der Waals surface area contributed by atoms with Gasteiger partial charge in [0.25, 0.3) is 0 Å². The van der Waals surface area contributed by atoms with Gasteiger partial charge in [-0.3, -0.25) is 37.3 Å².